The number of nitrogens with zero attached hydrogens (tertiary/aromatic N) is 1. The number of benzene rings is 2. The molecule has 0 aromatic heterocycles. The third-order valence-electron chi connectivity index (χ3n) is 4.65. The van der Waals surface area contributed by atoms with Gasteiger partial charge in [0.25, 0.3) is 5.91 Å². The van der Waals surface area contributed by atoms with Crippen LogP contribution in [-0.2, 0) is 11.2 Å². The first-order valence-electron chi connectivity index (χ1n) is 8.49. The van der Waals surface area contributed by atoms with Gasteiger partial charge in [0.05, 0.1) is 5.57 Å². The standard InChI is InChI=1S/C21H22N2O2/c22-14-19(20(24)13-16-7-3-1-4-8-16)21(25)23-12-11-18(15-23)17-9-5-2-6-10-17/h1-10,14,18,22,24H,11-13,15H2/b20-19+,22-14?. The zero-order chi connectivity index (χ0) is 17.6. The molecule has 25 heavy (non-hydrogen) atoms. The van der Waals surface area contributed by atoms with Crippen LogP contribution in [-0.4, -0.2) is 35.2 Å². The molecule has 0 spiro atoms. The summed E-state index contributed by atoms with van der Waals surface area (Å²) in [5, 5.41) is 17.9. The van der Waals surface area contributed by atoms with Gasteiger partial charge in [0.2, 0.25) is 0 Å². The number of carbonyl (C=O) groups is 1. The van der Waals surface area contributed by atoms with E-state index in [0.29, 0.717) is 19.0 Å². The van der Waals surface area contributed by atoms with Crippen LogP contribution in [0.2, 0.25) is 0 Å². The van der Waals surface area contributed by atoms with Crippen molar-refractivity contribution in [3.63, 3.8) is 0 Å². The number of rotatable bonds is 5. The maximum Gasteiger partial charge on any atom is 0.258 e. The highest BCUT2D eigenvalue weighted by atomic mass is 16.3. The van der Waals surface area contributed by atoms with E-state index in [2.05, 4.69) is 12.1 Å². The smallest absolute Gasteiger partial charge is 0.258 e. The molecule has 0 bridgehead atoms. The lowest BCUT2D eigenvalue weighted by Crippen LogP contribution is -2.31. The molecule has 1 saturated heterocycles. The van der Waals surface area contributed by atoms with Crippen LogP contribution >= 0.6 is 0 Å². The third kappa shape index (κ3) is 3.97. The first-order chi connectivity index (χ1) is 12.2. The summed E-state index contributed by atoms with van der Waals surface area (Å²) >= 11 is 0. The van der Waals surface area contributed by atoms with Gasteiger partial charge in [-0.05, 0) is 17.5 Å². The molecule has 1 fully saturated rings. The number of likely N-dealkylation sites (tertiary alicyclic amines) is 1. The van der Waals surface area contributed by atoms with E-state index in [4.69, 9.17) is 5.41 Å². The fourth-order valence-corrected chi connectivity index (χ4v) is 3.27. The molecule has 4 heteroatoms. The van der Waals surface area contributed by atoms with Gasteiger partial charge in [-0.3, -0.25) is 4.79 Å². The number of aliphatic hydroxyl groups is 1. The Kier molecular flexibility index (Phi) is 5.29. The zero-order valence-electron chi connectivity index (χ0n) is 14.1. The number of hydrogen-bond donors (Lipinski definition) is 2. The minimum atomic E-state index is -0.262. The molecule has 1 unspecified atom stereocenters. The lowest BCUT2D eigenvalue weighted by atomic mass is 9.99. The number of aliphatic hydroxyl groups excluding tert-OH is 1. The van der Waals surface area contributed by atoms with Gasteiger partial charge in [0.15, 0.2) is 0 Å². The molecule has 1 aliphatic heterocycles. The van der Waals surface area contributed by atoms with Crippen molar-refractivity contribution in [3.8, 4) is 0 Å². The molecule has 0 radical (unpaired) electrons. The van der Waals surface area contributed by atoms with Crippen molar-refractivity contribution in [1.29, 1.82) is 5.41 Å². The van der Waals surface area contributed by atoms with Crippen molar-refractivity contribution in [1.82, 2.24) is 4.90 Å². The van der Waals surface area contributed by atoms with Crippen LogP contribution in [0.15, 0.2) is 72.0 Å². The molecular formula is C21H22N2O2. The van der Waals surface area contributed by atoms with Gasteiger partial charge in [-0.15, -0.1) is 0 Å². The summed E-state index contributed by atoms with van der Waals surface area (Å²) in [6.45, 7) is 1.27. The predicted octanol–water partition coefficient (Wildman–Crippen LogP) is 3.71. The Morgan fingerprint density at radius 1 is 1.12 bits per heavy atom. The van der Waals surface area contributed by atoms with Gasteiger partial charge in [-0.25, -0.2) is 0 Å². The first-order valence-corrected chi connectivity index (χ1v) is 8.49. The summed E-state index contributed by atoms with van der Waals surface area (Å²) in [4.78, 5) is 14.5. The summed E-state index contributed by atoms with van der Waals surface area (Å²) < 4.78 is 0. The van der Waals surface area contributed by atoms with Crippen LogP contribution < -0.4 is 0 Å². The molecular weight excluding hydrogens is 312 g/mol. The Balaban J connectivity index is 1.72. The molecule has 2 aromatic rings. The van der Waals surface area contributed by atoms with E-state index < -0.39 is 0 Å². The number of hydrogen-bond acceptors (Lipinski definition) is 3. The number of amides is 1. The van der Waals surface area contributed by atoms with E-state index in [-0.39, 0.29) is 23.7 Å². The monoisotopic (exact) mass is 334 g/mol. The second-order valence-electron chi connectivity index (χ2n) is 6.31. The van der Waals surface area contributed by atoms with Crippen molar-refractivity contribution in [3.05, 3.63) is 83.1 Å². The fraction of sp³-hybridized carbons (Fsp3) is 0.238. The van der Waals surface area contributed by atoms with Gasteiger partial charge >= 0.3 is 0 Å². The van der Waals surface area contributed by atoms with E-state index in [1.807, 2.05) is 48.5 Å². The van der Waals surface area contributed by atoms with Gasteiger partial charge in [0.1, 0.15) is 5.76 Å². The Hall–Kier alpha value is -2.88. The maximum atomic E-state index is 12.7. The van der Waals surface area contributed by atoms with E-state index >= 15 is 0 Å². The lowest BCUT2D eigenvalue weighted by Gasteiger charge is -2.18. The highest BCUT2D eigenvalue weighted by molar-refractivity contribution is 6.11. The van der Waals surface area contributed by atoms with Crippen LogP contribution in [0.1, 0.15) is 23.5 Å². The zero-order valence-corrected chi connectivity index (χ0v) is 14.1. The van der Waals surface area contributed by atoms with Crippen LogP contribution in [0.5, 0.6) is 0 Å². The molecule has 1 atom stereocenters. The second kappa shape index (κ2) is 7.79. The Bertz CT molecular complexity index is 769. The summed E-state index contributed by atoms with van der Waals surface area (Å²) in [6, 6.07) is 19.6. The largest absolute Gasteiger partial charge is 0.511 e. The van der Waals surface area contributed by atoms with Crippen LogP contribution in [0.3, 0.4) is 0 Å². The summed E-state index contributed by atoms with van der Waals surface area (Å²) in [6.07, 6.45) is 2.13. The topological polar surface area (TPSA) is 64.4 Å². The van der Waals surface area contributed by atoms with Gasteiger partial charge in [-0.1, -0.05) is 60.7 Å². The fourth-order valence-electron chi connectivity index (χ4n) is 3.27. The molecule has 1 amide bonds. The molecule has 2 N–H and O–H groups in total. The molecule has 0 saturated carbocycles. The van der Waals surface area contributed by atoms with Crippen molar-refractivity contribution in [2.24, 2.45) is 0 Å². The second-order valence-corrected chi connectivity index (χ2v) is 6.31. The molecule has 1 aliphatic rings. The number of carbonyl (C=O) groups excluding carboxylic acids is 1. The average molecular weight is 334 g/mol. The SMILES string of the molecule is N=C/C(C(=O)N1CCC(c2ccccc2)C1)=C(\O)Cc1ccccc1. The molecule has 2 aromatic carbocycles. The molecule has 0 aliphatic carbocycles. The molecule has 128 valence electrons. The quantitative estimate of drug-likeness (QED) is 0.497. The van der Waals surface area contributed by atoms with E-state index in [0.717, 1.165) is 18.2 Å². The lowest BCUT2D eigenvalue weighted by molar-refractivity contribution is -0.125. The molecule has 3 rings (SSSR count). The van der Waals surface area contributed by atoms with Crippen molar-refractivity contribution in [2.45, 2.75) is 18.8 Å². The summed E-state index contributed by atoms with van der Waals surface area (Å²) in [7, 11) is 0. The normalized spacial score (nSPS) is 17.9. The number of allylic oxidation sites excluding steroid dienone is 1. The summed E-state index contributed by atoms with van der Waals surface area (Å²) in [5.74, 6) is 0.00428. The third-order valence-corrected chi connectivity index (χ3v) is 4.65. The molecule has 4 nitrogen and oxygen atoms in total. The van der Waals surface area contributed by atoms with E-state index in [1.165, 1.54) is 5.56 Å². The van der Waals surface area contributed by atoms with E-state index in [9.17, 15) is 9.90 Å². The van der Waals surface area contributed by atoms with Crippen molar-refractivity contribution < 1.29 is 9.90 Å². The van der Waals surface area contributed by atoms with Gasteiger partial charge < -0.3 is 15.4 Å². The van der Waals surface area contributed by atoms with Gasteiger partial charge in [-0.2, -0.15) is 0 Å². The van der Waals surface area contributed by atoms with E-state index in [1.54, 1.807) is 4.90 Å². The Morgan fingerprint density at radius 2 is 1.76 bits per heavy atom. The average Bonchev–Trinajstić information content (AvgIpc) is 3.14. The minimum absolute atomic E-state index is 0.0469. The minimum Gasteiger partial charge on any atom is -0.511 e. The Labute approximate surface area is 147 Å². The Morgan fingerprint density at radius 3 is 2.40 bits per heavy atom. The molecule has 1 heterocycles. The van der Waals surface area contributed by atoms with Crippen molar-refractivity contribution in [2.75, 3.05) is 13.1 Å². The first kappa shape index (κ1) is 17.0. The van der Waals surface area contributed by atoms with Gasteiger partial charge in [0, 0.05) is 31.6 Å². The maximum absolute atomic E-state index is 12.7. The highest BCUT2D eigenvalue weighted by Crippen LogP contribution is 2.28. The highest BCUT2D eigenvalue weighted by Gasteiger charge is 2.29. The summed E-state index contributed by atoms with van der Waals surface area (Å²) in [5.41, 5.74) is 2.22. The van der Waals surface area contributed by atoms with Crippen LogP contribution in [0.4, 0.5) is 0 Å². The van der Waals surface area contributed by atoms with Crippen LogP contribution in [0.25, 0.3) is 0 Å². The number of nitrogens with one attached hydrogen (secondary N) is 1. The van der Waals surface area contributed by atoms with Crippen LogP contribution in [0, 0.1) is 5.41 Å². The van der Waals surface area contributed by atoms with Crippen molar-refractivity contribution >= 4 is 12.1 Å². The predicted molar refractivity (Wildman–Crippen MR) is 99.0 cm³/mol.